The first kappa shape index (κ1) is 21.0. The molecular weight excluding hydrogens is 360 g/mol. The van der Waals surface area contributed by atoms with Crippen molar-refractivity contribution in [1.82, 2.24) is 0 Å². The molecule has 0 bridgehead atoms. The topological polar surface area (TPSA) is 96.3 Å². The molecule has 8 heteroatoms. The second-order valence-electron chi connectivity index (χ2n) is 6.17. The number of methoxy groups -OCH3 is 2. The standard InChI is InChI=1S/C20H20N4O4/c1-22-17-8-14(9-18(10-17)23-2)13-5-15(19(21)11-27-3)7-16(6-13)20(12-28-4)24(25)26/h5-10,19-20H,11-12,21H2,3-4H3. The normalized spacial score (nSPS) is 12.6. The van der Waals surface area contributed by atoms with Gasteiger partial charge in [0.15, 0.2) is 11.4 Å². The summed E-state index contributed by atoms with van der Waals surface area (Å²) in [4.78, 5) is 17.9. The number of rotatable bonds is 8. The van der Waals surface area contributed by atoms with Crippen LogP contribution in [-0.4, -0.2) is 32.4 Å². The van der Waals surface area contributed by atoms with Crippen LogP contribution in [0.25, 0.3) is 20.8 Å². The van der Waals surface area contributed by atoms with Crippen LogP contribution in [0.15, 0.2) is 36.4 Å². The van der Waals surface area contributed by atoms with Gasteiger partial charge in [0, 0.05) is 24.7 Å². The van der Waals surface area contributed by atoms with Gasteiger partial charge in [-0.05, 0) is 34.9 Å². The first-order valence-electron chi connectivity index (χ1n) is 8.35. The molecule has 2 rings (SSSR count). The molecule has 2 N–H and O–H groups in total. The van der Waals surface area contributed by atoms with Crippen LogP contribution in [0.4, 0.5) is 11.4 Å². The van der Waals surface area contributed by atoms with Gasteiger partial charge in [-0.1, -0.05) is 18.2 Å². The van der Waals surface area contributed by atoms with Gasteiger partial charge in [-0.3, -0.25) is 10.1 Å². The lowest BCUT2D eigenvalue weighted by Crippen LogP contribution is -2.19. The zero-order valence-corrected chi connectivity index (χ0v) is 15.6. The van der Waals surface area contributed by atoms with Gasteiger partial charge in [0.25, 0.3) is 6.04 Å². The van der Waals surface area contributed by atoms with Gasteiger partial charge < -0.3 is 15.2 Å². The fourth-order valence-electron chi connectivity index (χ4n) is 2.85. The van der Waals surface area contributed by atoms with Crippen LogP contribution in [0, 0.1) is 23.3 Å². The van der Waals surface area contributed by atoms with Gasteiger partial charge in [0.05, 0.1) is 25.8 Å². The lowest BCUT2D eigenvalue weighted by molar-refractivity contribution is -0.532. The molecule has 0 saturated heterocycles. The van der Waals surface area contributed by atoms with Crippen LogP contribution in [0.2, 0.25) is 0 Å². The van der Waals surface area contributed by atoms with Crippen molar-refractivity contribution in [2.24, 2.45) is 5.73 Å². The molecule has 2 unspecified atom stereocenters. The fourth-order valence-corrected chi connectivity index (χ4v) is 2.85. The molecule has 0 aliphatic heterocycles. The number of nitro groups is 1. The van der Waals surface area contributed by atoms with Crippen molar-refractivity contribution in [3.8, 4) is 11.1 Å². The number of nitrogens with two attached hydrogens (primary N) is 1. The Morgan fingerprint density at radius 3 is 2.00 bits per heavy atom. The highest BCUT2D eigenvalue weighted by molar-refractivity contribution is 5.75. The molecule has 8 nitrogen and oxygen atoms in total. The van der Waals surface area contributed by atoms with E-state index in [1.165, 1.54) is 20.3 Å². The maximum Gasteiger partial charge on any atom is 0.261 e. The van der Waals surface area contributed by atoms with Crippen molar-refractivity contribution >= 4 is 11.4 Å². The molecule has 2 atom stereocenters. The molecular formula is C20H20N4O4. The maximum absolute atomic E-state index is 11.5. The summed E-state index contributed by atoms with van der Waals surface area (Å²) in [6.07, 6.45) is 0. The van der Waals surface area contributed by atoms with Crippen LogP contribution in [-0.2, 0) is 9.47 Å². The van der Waals surface area contributed by atoms with Gasteiger partial charge >= 0.3 is 0 Å². The van der Waals surface area contributed by atoms with Gasteiger partial charge in [-0.2, -0.15) is 0 Å². The van der Waals surface area contributed by atoms with Crippen molar-refractivity contribution < 1.29 is 14.4 Å². The van der Waals surface area contributed by atoms with E-state index in [2.05, 4.69) is 9.69 Å². The van der Waals surface area contributed by atoms with Crippen molar-refractivity contribution in [3.63, 3.8) is 0 Å². The van der Waals surface area contributed by atoms with E-state index in [0.717, 1.165) is 0 Å². The van der Waals surface area contributed by atoms with E-state index < -0.39 is 17.0 Å². The van der Waals surface area contributed by atoms with Gasteiger partial charge in [-0.25, -0.2) is 9.69 Å². The summed E-state index contributed by atoms with van der Waals surface area (Å²) in [6, 6.07) is 8.38. The summed E-state index contributed by atoms with van der Waals surface area (Å²) in [6.45, 7) is 14.6. The molecule has 144 valence electrons. The predicted octanol–water partition coefficient (Wildman–Crippen LogP) is 4.07. The molecule has 0 saturated carbocycles. The molecule has 0 fully saturated rings. The average Bonchev–Trinajstić information content (AvgIpc) is 2.71. The summed E-state index contributed by atoms with van der Waals surface area (Å²) in [5.74, 6) is 0. The smallest absolute Gasteiger partial charge is 0.261 e. The monoisotopic (exact) mass is 380 g/mol. The third-order valence-electron chi connectivity index (χ3n) is 4.21. The van der Waals surface area contributed by atoms with E-state index >= 15 is 0 Å². The highest BCUT2D eigenvalue weighted by atomic mass is 16.6. The molecule has 0 radical (unpaired) electrons. The van der Waals surface area contributed by atoms with E-state index in [-0.39, 0.29) is 13.2 Å². The molecule has 2 aromatic rings. The lowest BCUT2D eigenvalue weighted by atomic mass is 9.93. The number of benzene rings is 2. The van der Waals surface area contributed by atoms with E-state index in [4.69, 9.17) is 28.4 Å². The summed E-state index contributed by atoms with van der Waals surface area (Å²) >= 11 is 0. The van der Waals surface area contributed by atoms with E-state index in [1.807, 2.05) is 0 Å². The van der Waals surface area contributed by atoms with Crippen molar-refractivity contribution in [2.75, 3.05) is 27.4 Å². The second-order valence-corrected chi connectivity index (χ2v) is 6.17. The van der Waals surface area contributed by atoms with Crippen LogP contribution in [0.3, 0.4) is 0 Å². The molecule has 0 spiro atoms. The van der Waals surface area contributed by atoms with Crippen LogP contribution in [0.1, 0.15) is 23.2 Å². The van der Waals surface area contributed by atoms with Crippen molar-refractivity contribution in [3.05, 3.63) is 80.5 Å². The highest BCUT2D eigenvalue weighted by Gasteiger charge is 2.25. The molecule has 0 aliphatic carbocycles. The summed E-state index contributed by atoms with van der Waals surface area (Å²) in [5, 5.41) is 11.5. The lowest BCUT2D eigenvalue weighted by Gasteiger charge is -2.17. The molecule has 0 amide bonds. The van der Waals surface area contributed by atoms with E-state index in [1.54, 1.807) is 30.3 Å². The maximum atomic E-state index is 11.5. The van der Waals surface area contributed by atoms with E-state index in [9.17, 15) is 10.1 Å². The Kier molecular flexibility index (Phi) is 7.19. The number of ether oxygens (including phenoxy) is 2. The Morgan fingerprint density at radius 1 is 0.964 bits per heavy atom. The van der Waals surface area contributed by atoms with Crippen molar-refractivity contribution in [1.29, 1.82) is 0 Å². The van der Waals surface area contributed by atoms with E-state index in [0.29, 0.717) is 33.6 Å². The predicted molar refractivity (Wildman–Crippen MR) is 105 cm³/mol. The summed E-state index contributed by atoms with van der Waals surface area (Å²) in [5.41, 5.74) is 9.15. The third-order valence-corrected chi connectivity index (χ3v) is 4.21. The zero-order chi connectivity index (χ0) is 20.7. The summed E-state index contributed by atoms with van der Waals surface area (Å²) in [7, 11) is 2.93. The minimum Gasteiger partial charge on any atom is -0.383 e. The van der Waals surface area contributed by atoms with Gasteiger partial charge in [0.1, 0.15) is 6.61 Å². The quantitative estimate of drug-likeness (QED) is 0.423. The Labute approximate surface area is 163 Å². The number of hydrogen-bond donors (Lipinski definition) is 1. The van der Waals surface area contributed by atoms with Crippen LogP contribution in [0.5, 0.6) is 0 Å². The van der Waals surface area contributed by atoms with Gasteiger partial charge in [0.2, 0.25) is 0 Å². The molecule has 2 aromatic carbocycles. The van der Waals surface area contributed by atoms with Crippen LogP contribution < -0.4 is 5.73 Å². The summed E-state index contributed by atoms with van der Waals surface area (Å²) < 4.78 is 10.1. The molecule has 0 aromatic heterocycles. The minimum absolute atomic E-state index is 0.0925. The Bertz CT molecular complexity index is 914. The second kappa shape index (κ2) is 9.58. The molecule has 0 aliphatic rings. The minimum atomic E-state index is -1.07. The van der Waals surface area contributed by atoms with Crippen LogP contribution >= 0.6 is 0 Å². The Balaban J connectivity index is 2.68. The average molecular weight is 380 g/mol. The number of hydrogen-bond acceptors (Lipinski definition) is 5. The van der Waals surface area contributed by atoms with Crippen molar-refractivity contribution in [2.45, 2.75) is 12.1 Å². The first-order chi connectivity index (χ1) is 13.4. The molecule has 28 heavy (non-hydrogen) atoms. The third kappa shape index (κ3) is 4.90. The largest absolute Gasteiger partial charge is 0.383 e. The SMILES string of the molecule is [C-]#[N+]c1cc([N+]#[C-])cc(-c2cc(C(N)COC)cc(C(COC)[N+](=O)[O-])c2)c1. The first-order valence-corrected chi connectivity index (χ1v) is 8.35. The number of nitrogens with zero attached hydrogens (tertiary/aromatic N) is 3. The van der Waals surface area contributed by atoms with Gasteiger partial charge in [-0.15, -0.1) is 0 Å². The Hall–Kier alpha value is -3.30. The zero-order valence-electron chi connectivity index (χ0n) is 15.6. The molecule has 0 heterocycles. The Morgan fingerprint density at radius 2 is 1.50 bits per heavy atom. The highest BCUT2D eigenvalue weighted by Crippen LogP contribution is 2.34. The fraction of sp³-hybridized carbons (Fsp3) is 0.300.